The summed E-state index contributed by atoms with van der Waals surface area (Å²) in [4.78, 5) is 21.1. The van der Waals surface area contributed by atoms with Crippen molar-refractivity contribution in [1.29, 1.82) is 0 Å². The predicted molar refractivity (Wildman–Crippen MR) is 105 cm³/mol. The van der Waals surface area contributed by atoms with E-state index in [-0.39, 0.29) is 5.91 Å². The molecule has 0 unspecified atom stereocenters. The molecule has 0 aliphatic rings. The lowest BCUT2D eigenvalue weighted by molar-refractivity contribution is 0.102. The number of anilines is 1. The van der Waals surface area contributed by atoms with Crippen LogP contribution in [0.2, 0.25) is 0 Å². The number of aromatic nitrogens is 3. The Kier molecular flexibility index (Phi) is 4.24. The van der Waals surface area contributed by atoms with Crippen LogP contribution in [0.25, 0.3) is 20.5 Å². The molecule has 8 heteroatoms. The van der Waals surface area contributed by atoms with Gasteiger partial charge in [-0.2, -0.15) is 5.10 Å². The Labute approximate surface area is 156 Å². The number of hydrogen-bond acceptors (Lipinski definition) is 6. The molecule has 4 aromatic rings. The molecule has 2 N–H and O–H groups in total. The molecule has 0 aliphatic carbocycles. The van der Waals surface area contributed by atoms with Gasteiger partial charge in [0.1, 0.15) is 9.88 Å². The van der Waals surface area contributed by atoms with E-state index in [9.17, 15) is 4.79 Å². The van der Waals surface area contributed by atoms with Crippen molar-refractivity contribution in [3.8, 4) is 20.5 Å². The Hall–Kier alpha value is -2.29. The first-order chi connectivity index (χ1) is 12.1. The van der Waals surface area contributed by atoms with E-state index in [0.29, 0.717) is 10.7 Å². The van der Waals surface area contributed by atoms with E-state index in [0.717, 1.165) is 26.1 Å². The zero-order valence-corrected chi connectivity index (χ0v) is 15.9. The zero-order valence-electron chi connectivity index (χ0n) is 13.5. The van der Waals surface area contributed by atoms with Gasteiger partial charge in [-0.1, -0.05) is 6.07 Å². The Bertz CT molecular complexity index is 1030. The summed E-state index contributed by atoms with van der Waals surface area (Å²) in [5.41, 5.74) is 1.63. The maximum atomic E-state index is 12.6. The highest BCUT2D eigenvalue weighted by Crippen LogP contribution is 2.32. The first-order valence-electron chi connectivity index (χ1n) is 7.55. The van der Waals surface area contributed by atoms with Crippen molar-refractivity contribution in [1.82, 2.24) is 15.2 Å². The maximum Gasteiger partial charge on any atom is 0.268 e. The molecular formula is C17H14N4OS3. The second kappa shape index (κ2) is 6.55. The minimum atomic E-state index is -0.182. The number of nitrogens with zero attached hydrogens (tertiary/aromatic N) is 2. The van der Waals surface area contributed by atoms with Crippen LogP contribution in [0.3, 0.4) is 0 Å². The van der Waals surface area contributed by atoms with Crippen LogP contribution in [0.5, 0.6) is 0 Å². The molecule has 0 spiro atoms. The van der Waals surface area contributed by atoms with Crippen molar-refractivity contribution < 1.29 is 4.79 Å². The third-order valence-electron chi connectivity index (χ3n) is 3.56. The summed E-state index contributed by atoms with van der Waals surface area (Å²) in [7, 11) is 0. The minimum absolute atomic E-state index is 0.182. The van der Waals surface area contributed by atoms with Crippen LogP contribution < -0.4 is 5.32 Å². The zero-order chi connectivity index (χ0) is 17.4. The summed E-state index contributed by atoms with van der Waals surface area (Å²) in [6, 6.07) is 9.94. The highest BCUT2D eigenvalue weighted by Gasteiger charge is 2.18. The number of thiophene rings is 2. The highest BCUT2D eigenvalue weighted by molar-refractivity contribution is 7.22. The van der Waals surface area contributed by atoms with Gasteiger partial charge in [-0.05, 0) is 37.4 Å². The number of hydrogen-bond donors (Lipinski definition) is 2. The monoisotopic (exact) mass is 386 g/mol. The first kappa shape index (κ1) is 16.2. The molecule has 0 aromatic carbocycles. The topological polar surface area (TPSA) is 70.7 Å². The van der Waals surface area contributed by atoms with Crippen molar-refractivity contribution in [2.24, 2.45) is 0 Å². The molecule has 4 heterocycles. The van der Waals surface area contributed by atoms with Gasteiger partial charge >= 0.3 is 0 Å². The number of aryl methyl sites for hydroxylation is 2. The van der Waals surface area contributed by atoms with E-state index in [1.807, 2.05) is 36.6 Å². The summed E-state index contributed by atoms with van der Waals surface area (Å²) >= 11 is 4.70. The summed E-state index contributed by atoms with van der Waals surface area (Å²) in [5.74, 6) is 0.328. The van der Waals surface area contributed by atoms with Gasteiger partial charge in [0.05, 0.1) is 21.1 Å². The van der Waals surface area contributed by atoms with Gasteiger partial charge in [0.2, 0.25) is 0 Å². The number of carbonyl (C=O) groups excluding carboxylic acids is 1. The second-order valence-electron chi connectivity index (χ2n) is 5.44. The normalized spacial score (nSPS) is 11.0. The van der Waals surface area contributed by atoms with Crippen LogP contribution in [-0.2, 0) is 0 Å². The number of thiazole rings is 1. The molecule has 126 valence electrons. The molecule has 0 saturated heterocycles. The minimum Gasteiger partial charge on any atom is -0.304 e. The van der Waals surface area contributed by atoms with Gasteiger partial charge in [0, 0.05) is 10.9 Å². The molecule has 0 atom stereocenters. The Morgan fingerprint density at radius 1 is 1.16 bits per heavy atom. The van der Waals surface area contributed by atoms with E-state index in [1.54, 1.807) is 22.7 Å². The molecule has 25 heavy (non-hydrogen) atoms. The van der Waals surface area contributed by atoms with E-state index < -0.39 is 0 Å². The van der Waals surface area contributed by atoms with Crippen LogP contribution in [0, 0.1) is 13.8 Å². The summed E-state index contributed by atoms with van der Waals surface area (Å²) in [6.45, 7) is 3.91. The number of rotatable bonds is 4. The van der Waals surface area contributed by atoms with Crippen molar-refractivity contribution in [2.75, 3.05) is 5.32 Å². The second-order valence-corrected chi connectivity index (χ2v) is 8.68. The van der Waals surface area contributed by atoms with Crippen molar-refractivity contribution in [2.45, 2.75) is 13.8 Å². The predicted octanol–water partition coefficient (Wildman–Crippen LogP) is 5.19. The van der Waals surface area contributed by atoms with E-state index >= 15 is 0 Å². The lowest BCUT2D eigenvalue weighted by Crippen LogP contribution is -2.11. The van der Waals surface area contributed by atoms with Gasteiger partial charge in [0.25, 0.3) is 5.91 Å². The summed E-state index contributed by atoms with van der Waals surface area (Å²) in [6.07, 6.45) is 0. The number of amides is 1. The van der Waals surface area contributed by atoms with Gasteiger partial charge in [-0.25, -0.2) is 4.98 Å². The number of nitrogens with one attached hydrogen (secondary N) is 2. The molecule has 0 radical (unpaired) electrons. The molecular weight excluding hydrogens is 372 g/mol. The molecule has 4 aromatic heterocycles. The largest absolute Gasteiger partial charge is 0.304 e. The van der Waals surface area contributed by atoms with Gasteiger partial charge < -0.3 is 5.32 Å². The Morgan fingerprint density at radius 2 is 2.04 bits per heavy atom. The van der Waals surface area contributed by atoms with Crippen LogP contribution in [0.1, 0.15) is 20.2 Å². The standard InChI is InChI=1S/C17H14N4OS3/c1-9-5-6-12(24-9)11-8-14(21-20-11)19-16(22)15-10(2)18-17(25-15)13-4-3-7-23-13/h3-8H,1-2H3,(H2,19,20,21,22). The number of H-pyrrole nitrogens is 1. The lowest BCUT2D eigenvalue weighted by Gasteiger charge is -1.98. The van der Waals surface area contributed by atoms with Crippen molar-refractivity contribution in [3.05, 3.63) is 51.2 Å². The number of carbonyl (C=O) groups is 1. The fourth-order valence-electron chi connectivity index (χ4n) is 2.38. The van der Waals surface area contributed by atoms with Crippen LogP contribution in [0.4, 0.5) is 5.82 Å². The van der Waals surface area contributed by atoms with Gasteiger partial charge in [-0.15, -0.1) is 34.0 Å². The third-order valence-corrected chi connectivity index (χ3v) is 6.79. The molecule has 0 aliphatic heterocycles. The molecule has 0 bridgehead atoms. The van der Waals surface area contributed by atoms with Gasteiger partial charge in [0.15, 0.2) is 5.82 Å². The van der Waals surface area contributed by atoms with Crippen LogP contribution in [-0.4, -0.2) is 21.1 Å². The fraction of sp³-hybridized carbons (Fsp3) is 0.118. The molecule has 1 amide bonds. The molecule has 0 fully saturated rings. The Morgan fingerprint density at radius 3 is 2.76 bits per heavy atom. The average Bonchev–Trinajstić information content (AvgIpc) is 3.32. The lowest BCUT2D eigenvalue weighted by atomic mass is 10.3. The first-order valence-corrected chi connectivity index (χ1v) is 10.1. The summed E-state index contributed by atoms with van der Waals surface area (Å²) in [5, 5.41) is 12.9. The van der Waals surface area contributed by atoms with E-state index in [2.05, 4.69) is 33.5 Å². The van der Waals surface area contributed by atoms with E-state index in [1.165, 1.54) is 16.2 Å². The van der Waals surface area contributed by atoms with Gasteiger partial charge in [-0.3, -0.25) is 9.89 Å². The highest BCUT2D eigenvalue weighted by atomic mass is 32.1. The maximum absolute atomic E-state index is 12.6. The number of aromatic amines is 1. The molecule has 4 rings (SSSR count). The van der Waals surface area contributed by atoms with Crippen LogP contribution in [0.15, 0.2) is 35.7 Å². The quantitative estimate of drug-likeness (QED) is 0.507. The van der Waals surface area contributed by atoms with E-state index in [4.69, 9.17) is 0 Å². The third kappa shape index (κ3) is 3.28. The van der Waals surface area contributed by atoms with Crippen LogP contribution >= 0.6 is 34.0 Å². The Balaban J connectivity index is 1.54. The SMILES string of the molecule is Cc1ccc(-c2cc(NC(=O)c3sc(-c4cccs4)nc3C)n[nH]2)s1. The summed E-state index contributed by atoms with van der Waals surface area (Å²) < 4.78 is 0. The smallest absolute Gasteiger partial charge is 0.268 e. The average molecular weight is 387 g/mol. The van der Waals surface area contributed by atoms with Crippen molar-refractivity contribution in [3.63, 3.8) is 0 Å². The molecule has 0 saturated carbocycles. The van der Waals surface area contributed by atoms with Crippen molar-refractivity contribution >= 4 is 45.7 Å². The molecule has 5 nitrogen and oxygen atoms in total. The fourth-order valence-corrected chi connectivity index (χ4v) is 4.97.